The van der Waals surface area contributed by atoms with E-state index in [9.17, 15) is 9.59 Å². The Hall–Kier alpha value is -3.77. The fourth-order valence-electron chi connectivity index (χ4n) is 3.90. The summed E-state index contributed by atoms with van der Waals surface area (Å²) in [4.78, 5) is 32.5. The van der Waals surface area contributed by atoms with Gasteiger partial charge in [-0.15, -0.1) is 11.3 Å². The maximum atomic E-state index is 13.5. The lowest BCUT2D eigenvalue weighted by atomic mass is 10.1. The lowest BCUT2D eigenvalue weighted by molar-refractivity contribution is 0.0730. The van der Waals surface area contributed by atoms with E-state index in [1.807, 2.05) is 84.9 Å². The van der Waals surface area contributed by atoms with Crippen LogP contribution in [-0.2, 0) is 26.1 Å². The SMILES string of the molecule is CCCCc1ccc(C(=O)N(Cc2ccccc2)Cc2nc(C(=O)NCc3ccccc3)cs2)cc1. The second-order valence-corrected chi connectivity index (χ2v) is 9.68. The zero-order chi connectivity index (χ0) is 25.2. The Kier molecular flexibility index (Phi) is 9.00. The molecule has 0 aliphatic rings. The van der Waals surface area contributed by atoms with Gasteiger partial charge in [-0.25, -0.2) is 4.98 Å². The number of unbranched alkanes of at least 4 members (excludes halogenated alkanes) is 1. The minimum Gasteiger partial charge on any atom is -0.347 e. The molecular weight excluding hydrogens is 466 g/mol. The summed E-state index contributed by atoms with van der Waals surface area (Å²) in [5.41, 5.74) is 4.35. The predicted octanol–water partition coefficient (Wildman–Crippen LogP) is 6.26. The van der Waals surface area contributed by atoms with Crippen molar-refractivity contribution in [3.05, 3.63) is 123 Å². The van der Waals surface area contributed by atoms with Gasteiger partial charge in [-0.1, -0.05) is 86.1 Å². The van der Waals surface area contributed by atoms with E-state index in [2.05, 4.69) is 17.2 Å². The van der Waals surface area contributed by atoms with Crippen LogP contribution >= 0.6 is 11.3 Å². The van der Waals surface area contributed by atoms with Gasteiger partial charge in [0, 0.05) is 24.0 Å². The maximum absolute atomic E-state index is 13.5. The highest BCUT2D eigenvalue weighted by Gasteiger charge is 2.19. The van der Waals surface area contributed by atoms with Crippen molar-refractivity contribution in [2.24, 2.45) is 0 Å². The monoisotopic (exact) mass is 497 g/mol. The molecule has 1 heterocycles. The van der Waals surface area contributed by atoms with Crippen LogP contribution in [0.15, 0.2) is 90.3 Å². The Morgan fingerprint density at radius 3 is 2.17 bits per heavy atom. The normalized spacial score (nSPS) is 10.7. The molecule has 0 aliphatic heterocycles. The average Bonchev–Trinajstić information content (AvgIpc) is 3.40. The van der Waals surface area contributed by atoms with E-state index in [4.69, 9.17) is 0 Å². The third kappa shape index (κ3) is 7.12. The number of benzene rings is 3. The van der Waals surface area contributed by atoms with Crippen LogP contribution in [0.3, 0.4) is 0 Å². The number of hydrogen-bond acceptors (Lipinski definition) is 4. The van der Waals surface area contributed by atoms with Crippen molar-refractivity contribution in [1.29, 1.82) is 0 Å². The Balaban J connectivity index is 1.46. The predicted molar refractivity (Wildman–Crippen MR) is 145 cm³/mol. The van der Waals surface area contributed by atoms with Crippen molar-refractivity contribution in [2.75, 3.05) is 0 Å². The number of nitrogens with one attached hydrogen (secondary N) is 1. The zero-order valence-corrected chi connectivity index (χ0v) is 21.3. The highest BCUT2D eigenvalue weighted by Crippen LogP contribution is 2.18. The molecule has 1 aromatic heterocycles. The van der Waals surface area contributed by atoms with Crippen molar-refractivity contribution >= 4 is 23.2 Å². The van der Waals surface area contributed by atoms with Crippen molar-refractivity contribution in [1.82, 2.24) is 15.2 Å². The van der Waals surface area contributed by atoms with Gasteiger partial charge in [0.25, 0.3) is 11.8 Å². The minimum atomic E-state index is -0.218. The number of nitrogens with zero attached hydrogens (tertiary/aromatic N) is 2. The van der Waals surface area contributed by atoms with Crippen molar-refractivity contribution in [2.45, 2.75) is 45.8 Å². The topological polar surface area (TPSA) is 62.3 Å². The fraction of sp³-hybridized carbons (Fsp3) is 0.233. The molecule has 0 aliphatic carbocycles. The summed E-state index contributed by atoms with van der Waals surface area (Å²) in [6.45, 7) is 3.42. The molecular formula is C30H31N3O2S. The summed E-state index contributed by atoms with van der Waals surface area (Å²) in [7, 11) is 0. The molecule has 5 nitrogen and oxygen atoms in total. The van der Waals surface area contributed by atoms with Crippen LogP contribution in [0, 0.1) is 0 Å². The van der Waals surface area contributed by atoms with Crippen LogP contribution in [0.5, 0.6) is 0 Å². The van der Waals surface area contributed by atoms with Gasteiger partial charge >= 0.3 is 0 Å². The second-order valence-electron chi connectivity index (χ2n) is 8.74. The van der Waals surface area contributed by atoms with Gasteiger partial charge < -0.3 is 10.2 Å². The van der Waals surface area contributed by atoms with Gasteiger partial charge in [0.15, 0.2) is 0 Å². The number of rotatable bonds is 11. The standard InChI is InChI=1S/C30H31N3O2S/c1-2-3-10-23-15-17-26(18-16-23)30(35)33(20-25-13-8-5-9-14-25)21-28-32-27(22-36-28)29(34)31-19-24-11-6-4-7-12-24/h4-9,11-18,22H,2-3,10,19-21H2,1H3,(H,31,34). The Morgan fingerprint density at radius 1 is 0.833 bits per heavy atom. The molecule has 0 fully saturated rings. The van der Waals surface area contributed by atoms with E-state index >= 15 is 0 Å². The van der Waals surface area contributed by atoms with Gasteiger partial charge in [-0.05, 0) is 41.7 Å². The largest absolute Gasteiger partial charge is 0.347 e. The van der Waals surface area contributed by atoms with E-state index < -0.39 is 0 Å². The molecule has 0 bridgehead atoms. The highest BCUT2D eigenvalue weighted by molar-refractivity contribution is 7.09. The molecule has 2 amide bonds. The van der Waals surface area contributed by atoms with Gasteiger partial charge in [0.1, 0.15) is 10.7 Å². The first-order valence-corrected chi connectivity index (χ1v) is 13.2. The third-order valence-electron chi connectivity index (χ3n) is 5.93. The average molecular weight is 498 g/mol. The van der Waals surface area contributed by atoms with Crippen LogP contribution in [0.1, 0.15) is 62.3 Å². The summed E-state index contributed by atoms with van der Waals surface area (Å²) < 4.78 is 0. The lowest BCUT2D eigenvalue weighted by Crippen LogP contribution is -2.30. The van der Waals surface area contributed by atoms with Crippen LogP contribution in [0.25, 0.3) is 0 Å². The van der Waals surface area contributed by atoms with E-state index in [1.54, 1.807) is 10.3 Å². The minimum absolute atomic E-state index is 0.0498. The molecule has 0 spiro atoms. The number of carbonyl (C=O) groups excluding carboxylic acids is 2. The molecule has 6 heteroatoms. The van der Waals surface area contributed by atoms with Gasteiger partial charge in [0.2, 0.25) is 0 Å². The fourth-order valence-corrected chi connectivity index (χ4v) is 4.69. The molecule has 184 valence electrons. The van der Waals surface area contributed by atoms with Crippen molar-refractivity contribution < 1.29 is 9.59 Å². The summed E-state index contributed by atoms with van der Waals surface area (Å²) in [6.07, 6.45) is 3.30. The number of thiazole rings is 1. The number of amides is 2. The van der Waals surface area contributed by atoms with E-state index in [-0.39, 0.29) is 11.8 Å². The number of aryl methyl sites for hydroxylation is 1. The van der Waals surface area contributed by atoms with Crippen molar-refractivity contribution in [3.63, 3.8) is 0 Å². The molecule has 3 aromatic carbocycles. The lowest BCUT2D eigenvalue weighted by Gasteiger charge is -2.22. The Labute approximate surface area is 216 Å². The molecule has 0 saturated carbocycles. The van der Waals surface area contributed by atoms with Crippen LogP contribution < -0.4 is 5.32 Å². The molecule has 0 saturated heterocycles. The summed E-state index contributed by atoms with van der Waals surface area (Å²) in [6, 6.07) is 27.6. The molecule has 1 N–H and O–H groups in total. The Morgan fingerprint density at radius 2 is 1.50 bits per heavy atom. The number of aromatic nitrogens is 1. The zero-order valence-electron chi connectivity index (χ0n) is 20.5. The van der Waals surface area contributed by atoms with E-state index in [0.29, 0.717) is 30.9 Å². The smallest absolute Gasteiger partial charge is 0.271 e. The van der Waals surface area contributed by atoms with E-state index in [1.165, 1.54) is 16.9 Å². The Bertz CT molecular complexity index is 1250. The summed E-state index contributed by atoms with van der Waals surface area (Å²) in [5.74, 6) is -0.267. The second kappa shape index (κ2) is 12.8. The van der Waals surface area contributed by atoms with Crippen LogP contribution in [-0.4, -0.2) is 21.7 Å². The molecule has 0 radical (unpaired) electrons. The number of carbonyl (C=O) groups is 2. The van der Waals surface area contributed by atoms with Gasteiger partial charge in [0.05, 0.1) is 6.54 Å². The third-order valence-corrected chi connectivity index (χ3v) is 6.76. The molecule has 0 atom stereocenters. The highest BCUT2D eigenvalue weighted by atomic mass is 32.1. The van der Waals surface area contributed by atoms with Crippen LogP contribution in [0.4, 0.5) is 0 Å². The quantitative estimate of drug-likeness (QED) is 0.266. The molecule has 4 aromatic rings. The maximum Gasteiger partial charge on any atom is 0.271 e. The molecule has 36 heavy (non-hydrogen) atoms. The van der Waals surface area contributed by atoms with Crippen molar-refractivity contribution in [3.8, 4) is 0 Å². The first-order chi connectivity index (χ1) is 17.6. The first kappa shape index (κ1) is 25.3. The summed E-state index contributed by atoms with van der Waals surface area (Å²) in [5, 5.41) is 5.39. The summed E-state index contributed by atoms with van der Waals surface area (Å²) >= 11 is 1.40. The van der Waals surface area contributed by atoms with E-state index in [0.717, 1.165) is 35.4 Å². The van der Waals surface area contributed by atoms with Crippen LogP contribution in [0.2, 0.25) is 0 Å². The first-order valence-electron chi connectivity index (χ1n) is 12.3. The van der Waals surface area contributed by atoms with Gasteiger partial charge in [-0.3, -0.25) is 9.59 Å². The molecule has 0 unspecified atom stereocenters. The van der Waals surface area contributed by atoms with Gasteiger partial charge in [-0.2, -0.15) is 0 Å². The number of hydrogen-bond donors (Lipinski definition) is 1. The molecule has 4 rings (SSSR count).